The summed E-state index contributed by atoms with van der Waals surface area (Å²) in [5, 5.41) is 6.75. The van der Waals surface area contributed by atoms with E-state index in [2.05, 4.69) is 15.6 Å². The fraction of sp³-hybridized carbons (Fsp3) is 0.0455. The van der Waals surface area contributed by atoms with Gasteiger partial charge in [0.2, 0.25) is 5.89 Å². The Balaban J connectivity index is 1.44. The standard InChI is InChI=1S/C22H15Cl2N3O2S/c1-12-2-4-13(5-3-12)20(28)27-22(30)25-16-8-6-14(7-9-16)21-26-18-11-15(23)10-17(24)19(18)29-21/h2-11H,1H3,(H2,25,27,28,30). The molecule has 0 spiro atoms. The Kier molecular flexibility index (Phi) is 5.72. The number of aryl methyl sites for hydroxylation is 1. The number of halogens is 2. The minimum absolute atomic E-state index is 0.205. The maximum atomic E-state index is 12.3. The van der Waals surface area contributed by atoms with Gasteiger partial charge >= 0.3 is 0 Å². The van der Waals surface area contributed by atoms with Crippen LogP contribution in [0.3, 0.4) is 0 Å². The van der Waals surface area contributed by atoms with E-state index in [0.717, 1.165) is 11.1 Å². The lowest BCUT2D eigenvalue weighted by Crippen LogP contribution is -2.34. The first-order chi connectivity index (χ1) is 14.4. The number of carbonyl (C=O) groups is 1. The summed E-state index contributed by atoms with van der Waals surface area (Å²) >= 11 is 17.4. The second-order valence-corrected chi connectivity index (χ2v) is 7.86. The molecule has 3 aromatic carbocycles. The van der Waals surface area contributed by atoms with Crippen molar-refractivity contribution in [3.63, 3.8) is 0 Å². The minimum atomic E-state index is -0.272. The van der Waals surface area contributed by atoms with Crippen molar-refractivity contribution in [2.45, 2.75) is 6.92 Å². The third kappa shape index (κ3) is 4.46. The van der Waals surface area contributed by atoms with Gasteiger partial charge in [0.15, 0.2) is 10.7 Å². The lowest BCUT2D eigenvalue weighted by Gasteiger charge is -2.10. The molecule has 0 saturated carbocycles. The number of aromatic nitrogens is 1. The van der Waals surface area contributed by atoms with Gasteiger partial charge in [-0.05, 0) is 67.7 Å². The van der Waals surface area contributed by atoms with Gasteiger partial charge in [0.05, 0.1) is 5.02 Å². The van der Waals surface area contributed by atoms with E-state index >= 15 is 0 Å². The molecule has 0 unspecified atom stereocenters. The number of anilines is 1. The van der Waals surface area contributed by atoms with Crippen LogP contribution in [0.5, 0.6) is 0 Å². The van der Waals surface area contributed by atoms with Crippen molar-refractivity contribution in [1.82, 2.24) is 10.3 Å². The normalized spacial score (nSPS) is 10.8. The van der Waals surface area contributed by atoms with Crippen LogP contribution in [0.25, 0.3) is 22.6 Å². The van der Waals surface area contributed by atoms with Crippen LogP contribution in [0.15, 0.2) is 65.1 Å². The van der Waals surface area contributed by atoms with Crippen molar-refractivity contribution in [3.05, 3.63) is 81.8 Å². The summed E-state index contributed by atoms with van der Waals surface area (Å²) in [4.78, 5) is 16.7. The number of amides is 1. The average molecular weight is 456 g/mol. The number of fused-ring (bicyclic) bond motifs is 1. The van der Waals surface area contributed by atoms with E-state index in [9.17, 15) is 4.79 Å². The molecule has 5 nitrogen and oxygen atoms in total. The summed E-state index contributed by atoms with van der Waals surface area (Å²) in [5.74, 6) is 0.155. The highest BCUT2D eigenvalue weighted by molar-refractivity contribution is 7.80. The van der Waals surface area contributed by atoms with Crippen LogP contribution < -0.4 is 10.6 Å². The zero-order valence-electron chi connectivity index (χ0n) is 15.7. The fourth-order valence-electron chi connectivity index (χ4n) is 2.82. The van der Waals surface area contributed by atoms with E-state index in [1.807, 2.05) is 43.3 Å². The summed E-state index contributed by atoms with van der Waals surface area (Å²) in [5.41, 5.74) is 4.16. The lowest BCUT2D eigenvalue weighted by atomic mass is 10.1. The fourth-order valence-corrected chi connectivity index (χ4v) is 3.55. The summed E-state index contributed by atoms with van der Waals surface area (Å²) in [7, 11) is 0. The number of thiocarbonyl (C=S) groups is 1. The van der Waals surface area contributed by atoms with Gasteiger partial charge in [0.25, 0.3) is 5.91 Å². The second kappa shape index (κ2) is 8.44. The molecule has 0 aliphatic rings. The predicted molar refractivity (Wildman–Crippen MR) is 124 cm³/mol. The molecule has 4 aromatic rings. The van der Waals surface area contributed by atoms with E-state index in [1.54, 1.807) is 24.3 Å². The van der Waals surface area contributed by atoms with Crippen LogP contribution in [0.4, 0.5) is 5.69 Å². The lowest BCUT2D eigenvalue weighted by molar-refractivity contribution is 0.0977. The Labute approximate surface area is 188 Å². The number of nitrogens with one attached hydrogen (secondary N) is 2. The smallest absolute Gasteiger partial charge is 0.257 e. The number of hydrogen-bond donors (Lipinski definition) is 2. The van der Waals surface area contributed by atoms with E-state index in [-0.39, 0.29) is 11.0 Å². The maximum absolute atomic E-state index is 12.3. The number of benzene rings is 3. The van der Waals surface area contributed by atoms with Crippen LogP contribution in [-0.2, 0) is 0 Å². The topological polar surface area (TPSA) is 67.2 Å². The first kappa shape index (κ1) is 20.3. The molecule has 4 rings (SSSR count). The maximum Gasteiger partial charge on any atom is 0.257 e. The van der Waals surface area contributed by atoms with Crippen molar-refractivity contribution < 1.29 is 9.21 Å². The van der Waals surface area contributed by atoms with Gasteiger partial charge in [-0.3, -0.25) is 10.1 Å². The first-order valence-electron chi connectivity index (χ1n) is 8.94. The largest absolute Gasteiger partial charge is 0.435 e. The van der Waals surface area contributed by atoms with Gasteiger partial charge < -0.3 is 9.73 Å². The van der Waals surface area contributed by atoms with Crippen molar-refractivity contribution in [2.24, 2.45) is 0 Å². The molecule has 150 valence electrons. The molecule has 30 heavy (non-hydrogen) atoms. The van der Waals surface area contributed by atoms with E-state index < -0.39 is 0 Å². The molecular weight excluding hydrogens is 441 g/mol. The van der Waals surface area contributed by atoms with Gasteiger partial charge in [-0.1, -0.05) is 40.9 Å². The van der Waals surface area contributed by atoms with Crippen molar-refractivity contribution >= 4 is 63.2 Å². The quantitative estimate of drug-likeness (QED) is 0.358. The summed E-state index contributed by atoms with van der Waals surface area (Å²) in [6.07, 6.45) is 0. The number of rotatable bonds is 3. The zero-order valence-corrected chi connectivity index (χ0v) is 18.0. The molecule has 1 amide bonds. The van der Waals surface area contributed by atoms with Gasteiger partial charge in [-0.2, -0.15) is 0 Å². The molecular formula is C22H15Cl2N3O2S. The molecule has 1 heterocycles. The van der Waals surface area contributed by atoms with Crippen molar-refractivity contribution in [1.29, 1.82) is 0 Å². The summed E-state index contributed by atoms with van der Waals surface area (Å²) in [6, 6.07) is 17.8. The highest BCUT2D eigenvalue weighted by atomic mass is 35.5. The number of oxazole rings is 1. The Morgan fingerprint density at radius 3 is 2.43 bits per heavy atom. The highest BCUT2D eigenvalue weighted by Gasteiger charge is 2.13. The van der Waals surface area contributed by atoms with Crippen LogP contribution in [0.2, 0.25) is 10.0 Å². The van der Waals surface area contributed by atoms with Crippen LogP contribution in [0.1, 0.15) is 15.9 Å². The van der Waals surface area contributed by atoms with Crippen LogP contribution >= 0.6 is 35.4 Å². The molecule has 0 radical (unpaired) electrons. The molecule has 1 aromatic heterocycles. The average Bonchev–Trinajstić information content (AvgIpc) is 3.13. The molecule has 0 atom stereocenters. The van der Waals surface area contributed by atoms with Crippen molar-refractivity contribution in [2.75, 3.05) is 5.32 Å². The van der Waals surface area contributed by atoms with E-state index in [0.29, 0.717) is 38.3 Å². The third-order valence-electron chi connectivity index (χ3n) is 4.34. The Morgan fingerprint density at radius 2 is 1.73 bits per heavy atom. The van der Waals surface area contributed by atoms with E-state index in [1.165, 1.54) is 0 Å². The molecule has 0 aliphatic heterocycles. The molecule has 8 heteroatoms. The van der Waals surface area contributed by atoms with Gasteiger partial charge in [0.1, 0.15) is 5.52 Å². The summed E-state index contributed by atoms with van der Waals surface area (Å²) in [6.45, 7) is 1.96. The van der Waals surface area contributed by atoms with E-state index in [4.69, 9.17) is 39.8 Å². The van der Waals surface area contributed by atoms with Crippen LogP contribution in [-0.4, -0.2) is 16.0 Å². The van der Waals surface area contributed by atoms with Gasteiger partial charge in [0, 0.05) is 21.8 Å². The van der Waals surface area contributed by atoms with Gasteiger partial charge in [-0.25, -0.2) is 4.98 Å². The predicted octanol–water partition coefficient (Wildman–Crippen LogP) is 6.24. The minimum Gasteiger partial charge on any atom is -0.435 e. The second-order valence-electron chi connectivity index (χ2n) is 6.61. The Morgan fingerprint density at radius 1 is 1.03 bits per heavy atom. The molecule has 0 saturated heterocycles. The number of carbonyl (C=O) groups excluding carboxylic acids is 1. The number of hydrogen-bond acceptors (Lipinski definition) is 4. The highest BCUT2D eigenvalue weighted by Crippen LogP contribution is 2.32. The molecule has 0 fully saturated rings. The van der Waals surface area contributed by atoms with Crippen molar-refractivity contribution in [3.8, 4) is 11.5 Å². The molecule has 0 aliphatic carbocycles. The third-order valence-corrected chi connectivity index (χ3v) is 5.04. The summed E-state index contributed by atoms with van der Waals surface area (Å²) < 4.78 is 5.77. The zero-order chi connectivity index (χ0) is 21.3. The number of nitrogens with zero attached hydrogens (tertiary/aromatic N) is 1. The Bertz CT molecular complexity index is 1250. The monoisotopic (exact) mass is 455 g/mol. The Hall–Kier alpha value is -2.93. The molecule has 2 N–H and O–H groups in total. The van der Waals surface area contributed by atoms with Crippen LogP contribution in [0, 0.1) is 6.92 Å². The SMILES string of the molecule is Cc1ccc(C(=O)NC(=S)Nc2ccc(-c3nc4cc(Cl)cc(Cl)c4o3)cc2)cc1. The van der Waals surface area contributed by atoms with Gasteiger partial charge in [-0.15, -0.1) is 0 Å². The molecule has 0 bridgehead atoms. The first-order valence-corrected chi connectivity index (χ1v) is 10.1.